The quantitative estimate of drug-likeness (QED) is 0.720. The molecule has 0 aliphatic heterocycles. The molecule has 12 heavy (non-hydrogen) atoms. The van der Waals surface area contributed by atoms with Gasteiger partial charge < -0.3 is 10.2 Å². The number of hydrogen-bond donors (Lipinski definition) is 2. The van der Waals surface area contributed by atoms with Crippen LogP contribution in [0.2, 0.25) is 0 Å². The minimum absolute atomic E-state index is 0.121. The molecule has 1 aromatic rings. The van der Waals surface area contributed by atoms with Crippen molar-refractivity contribution in [2.45, 2.75) is 20.8 Å². The highest BCUT2D eigenvalue weighted by atomic mass is 79.9. The smallest absolute Gasteiger partial charge is 0.136 e. The van der Waals surface area contributed by atoms with Gasteiger partial charge in [0.15, 0.2) is 0 Å². The molecule has 66 valence electrons. The van der Waals surface area contributed by atoms with E-state index in [1.165, 1.54) is 0 Å². The standard InChI is InChI=1S/C9H11BrO2/c1-4-5(2)8(11)7(10)9(12)6(4)3/h11-12H,1-3H3. The Kier molecular flexibility index (Phi) is 2.33. The van der Waals surface area contributed by atoms with Gasteiger partial charge in [-0.3, -0.25) is 0 Å². The molecule has 0 amide bonds. The lowest BCUT2D eigenvalue weighted by Gasteiger charge is -2.11. The van der Waals surface area contributed by atoms with Gasteiger partial charge in [-0.2, -0.15) is 0 Å². The Bertz CT molecular complexity index is 227. The predicted molar refractivity (Wildman–Crippen MR) is 51.7 cm³/mol. The third kappa shape index (κ3) is 1.18. The number of benzene rings is 1. The first-order valence-electron chi connectivity index (χ1n) is 3.64. The fraction of sp³-hybridized carbons (Fsp3) is 0.333. The molecule has 0 radical (unpaired) electrons. The normalized spacial score (nSPS) is 10.3. The molecule has 0 atom stereocenters. The molecule has 0 bridgehead atoms. The number of aromatic hydroxyl groups is 2. The Morgan fingerprint density at radius 1 is 0.833 bits per heavy atom. The third-order valence-electron chi connectivity index (χ3n) is 2.25. The molecule has 1 rings (SSSR count). The highest BCUT2D eigenvalue weighted by molar-refractivity contribution is 9.10. The summed E-state index contributed by atoms with van der Waals surface area (Å²) < 4.78 is 0.378. The fourth-order valence-electron chi connectivity index (χ4n) is 1.08. The van der Waals surface area contributed by atoms with E-state index in [9.17, 15) is 10.2 Å². The summed E-state index contributed by atoms with van der Waals surface area (Å²) >= 11 is 3.11. The monoisotopic (exact) mass is 230 g/mol. The minimum Gasteiger partial charge on any atom is -0.506 e. The Labute approximate surface area is 80.0 Å². The molecule has 0 spiro atoms. The van der Waals surface area contributed by atoms with Crippen LogP contribution in [0.25, 0.3) is 0 Å². The van der Waals surface area contributed by atoms with Crippen LogP contribution >= 0.6 is 15.9 Å². The van der Waals surface area contributed by atoms with Crippen LogP contribution in [0.5, 0.6) is 11.5 Å². The van der Waals surface area contributed by atoms with Gasteiger partial charge in [-0.1, -0.05) is 0 Å². The molecule has 2 nitrogen and oxygen atoms in total. The summed E-state index contributed by atoms with van der Waals surface area (Å²) in [5.74, 6) is 0.242. The van der Waals surface area contributed by atoms with Crippen molar-refractivity contribution in [2.75, 3.05) is 0 Å². The SMILES string of the molecule is Cc1c(C)c(O)c(Br)c(O)c1C. The molecule has 0 aliphatic carbocycles. The van der Waals surface area contributed by atoms with Gasteiger partial charge in [0.05, 0.1) is 0 Å². The van der Waals surface area contributed by atoms with Gasteiger partial charge in [-0.15, -0.1) is 0 Å². The van der Waals surface area contributed by atoms with Crippen molar-refractivity contribution in [3.63, 3.8) is 0 Å². The highest BCUT2D eigenvalue weighted by Gasteiger charge is 2.13. The molecule has 0 saturated heterocycles. The predicted octanol–water partition coefficient (Wildman–Crippen LogP) is 2.79. The Morgan fingerprint density at radius 3 is 1.50 bits per heavy atom. The van der Waals surface area contributed by atoms with Crippen molar-refractivity contribution in [3.05, 3.63) is 21.2 Å². The van der Waals surface area contributed by atoms with Crippen LogP contribution in [0, 0.1) is 20.8 Å². The number of hydrogen-bond acceptors (Lipinski definition) is 2. The molecule has 3 heteroatoms. The van der Waals surface area contributed by atoms with Crippen molar-refractivity contribution >= 4 is 15.9 Å². The zero-order chi connectivity index (χ0) is 9.46. The molecule has 0 aromatic heterocycles. The van der Waals surface area contributed by atoms with E-state index in [0.29, 0.717) is 4.47 Å². The van der Waals surface area contributed by atoms with Gasteiger partial charge in [-0.25, -0.2) is 0 Å². The second-order valence-corrected chi connectivity index (χ2v) is 3.68. The van der Waals surface area contributed by atoms with Crippen LogP contribution in [0.3, 0.4) is 0 Å². The number of halogens is 1. The zero-order valence-corrected chi connectivity index (χ0v) is 8.86. The first-order chi connectivity index (χ1) is 5.46. The van der Waals surface area contributed by atoms with Gasteiger partial charge in [0, 0.05) is 0 Å². The lowest BCUT2D eigenvalue weighted by molar-refractivity contribution is 0.438. The topological polar surface area (TPSA) is 40.5 Å². The van der Waals surface area contributed by atoms with Crippen LogP contribution in [0.4, 0.5) is 0 Å². The summed E-state index contributed by atoms with van der Waals surface area (Å²) in [6, 6.07) is 0. The second-order valence-electron chi connectivity index (χ2n) is 2.89. The van der Waals surface area contributed by atoms with Gasteiger partial charge in [0.25, 0.3) is 0 Å². The summed E-state index contributed by atoms with van der Waals surface area (Å²) in [5, 5.41) is 19.0. The largest absolute Gasteiger partial charge is 0.506 e. The molecule has 0 aliphatic rings. The molecule has 0 saturated carbocycles. The first-order valence-corrected chi connectivity index (χ1v) is 4.43. The zero-order valence-electron chi connectivity index (χ0n) is 7.27. The third-order valence-corrected chi connectivity index (χ3v) is 3.00. The summed E-state index contributed by atoms with van der Waals surface area (Å²) in [6.07, 6.45) is 0. The van der Waals surface area contributed by atoms with E-state index in [0.717, 1.165) is 16.7 Å². The van der Waals surface area contributed by atoms with Crippen molar-refractivity contribution in [2.24, 2.45) is 0 Å². The maximum Gasteiger partial charge on any atom is 0.136 e. The van der Waals surface area contributed by atoms with E-state index < -0.39 is 0 Å². The first kappa shape index (κ1) is 9.39. The van der Waals surface area contributed by atoms with Gasteiger partial charge in [-0.05, 0) is 53.4 Å². The Hall–Kier alpha value is -0.700. The lowest BCUT2D eigenvalue weighted by atomic mass is 10.0. The van der Waals surface area contributed by atoms with Crippen LogP contribution < -0.4 is 0 Å². The number of phenols is 2. The molecule has 1 aromatic carbocycles. The van der Waals surface area contributed by atoms with E-state index in [-0.39, 0.29) is 11.5 Å². The highest BCUT2D eigenvalue weighted by Crippen LogP contribution is 2.40. The Morgan fingerprint density at radius 2 is 1.17 bits per heavy atom. The molecule has 0 unspecified atom stereocenters. The molecular weight excluding hydrogens is 220 g/mol. The van der Waals surface area contributed by atoms with Crippen LogP contribution in [0.1, 0.15) is 16.7 Å². The number of phenolic OH excluding ortho intramolecular Hbond substituents is 2. The van der Waals surface area contributed by atoms with Crippen LogP contribution in [-0.4, -0.2) is 10.2 Å². The average Bonchev–Trinajstić information content (AvgIpc) is 2.08. The van der Waals surface area contributed by atoms with Gasteiger partial charge in [0.2, 0.25) is 0 Å². The van der Waals surface area contributed by atoms with E-state index in [1.807, 2.05) is 20.8 Å². The van der Waals surface area contributed by atoms with Crippen molar-refractivity contribution in [3.8, 4) is 11.5 Å². The van der Waals surface area contributed by atoms with E-state index in [4.69, 9.17) is 0 Å². The summed E-state index contributed by atoms with van der Waals surface area (Å²) in [7, 11) is 0. The van der Waals surface area contributed by atoms with Crippen molar-refractivity contribution < 1.29 is 10.2 Å². The van der Waals surface area contributed by atoms with Crippen molar-refractivity contribution in [1.82, 2.24) is 0 Å². The summed E-state index contributed by atoms with van der Waals surface area (Å²) in [5.41, 5.74) is 2.53. The van der Waals surface area contributed by atoms with Gasteiger partial charge >= 0.3 is 0 Å². The number of rotatable bonds is 0. The molecule has 2 N–H and O–H groups in total. The minimum atomic E-state index is 0.121. The summed E-state index contributed by atoms with van der Waals surface area (Å²) in [6.45, 7) is 5.51. The summed E-state index contributed by atoms with van der Waals surface area (Å²) in [4.78, 5) is 0. The molecular formula is C9H11BrO2. The van der Waals surface area contributed by atoms with E-state index in [1.54, 1.807) is 0 Å². The fourth-order valence-corrected chi connectivity index (χ4v) is 1.67. The average molecular weight is 231 g/mol. The molecule has 0 heterocycles. The van der Waals surface area contributed by atoms with Crippen LogP contribution in [0.15, 0.2) is 4.47 Å². The maximum absolute atomic E-state index is 9.49. The Balaban J connectivity index is 3.60. The van der Waals surface area contributed by atoms with E-state index in [2.05, 4.69) is 15.9 Å². The van der Waals surface area contributed by atoms with Crippen molar-refractivity contribution in [1.29, 1.82) is 0 Å². The second kappa shape index (κ2) is 2.98. The molecule has 0 fully saturated rings. The maximum atomic E-state index is 9.49. The van der Waals surface area contributed by atoms with E-state index >= 15 is 0 Å². The van der Waals surface area contributed by atoms with Gasteiger partial charge in [0.1, 0.15) is 16.0 Å². The van der Waals surface area contributed by atoms with Crippen LogP contribution in [-0.2, 0) is 0 Å². The lowest BCUT2D eigenvalue weighted by Crippen LogP contribution is -1.89.